The molecule has 160 valence electrons. The molecule has 0 aromatic heterocycles. The van der Waals surface area contributed by atoms with Gasteiger partial charge in [-0.05, 0) is 40.0 Å². The van der Waals surface area contributed by atoms with E-state index in [0.29, 0.717) is 39.3 Å². The summed E-state index contributed by atoms with van der Waals surface area (Å²) < 4.78 is 5.51. The van der Waals surface area contributed by atoms with E-state index in [4.69, 9.17) is 4.74 Å². The largest absolute Gasteiger partial charge is 0.444 e. The number of ether oxygens (including phenoxy) is 1. The van der Waals surface area contributed by atoms with E-state index in [9.17, 15) is 14.4 Å². The summed E-state index contributed by atoms with van der Waals surface area (Å²) in [4.78, 5) is 43.7. The normalized spacial score (nSPS) is 20.6. The van der Waals surface area contributed by atoms with Gasteiger partial charge in [0.1, 0.15) is 5.60 Å². The third-order valence-corrected chi connectivity index (χ3v) is 4.96. The van der Waals surface area contributed by atoms with Crippen molar-refractivity contribution in [3.63, 3.8) is 0 Å². The van der Waals surface area contributed by atoms with Crippen LogP contribution in [-0.2, 0) is 4.74 Å². The molecule has 2 fully saturated rings. The lowest BCUT2D eigenvalue weighted by atomic mass is 10.0. The van der Waals surface area contributed by atoms with E-state index in [-0.39, 0.29) is 24.2 Å². The van der Waals surface area contributed by atoms with E-state index in [1.54, 1.807) is 33.7 Å². The van der Waals surface area contributed by atoms with Crippen LogP contribution in [0.15, 0.2) is 0 Å². The summed E-state index contributed by atoms with van der Waals surface area (Å²) >= 11 is 0. The Kier molecular flexibility index (Phi) is 7.37. The van der Waals surface area contributed by atoms with Crippen LogP contribution in [0.2, 0.25) is 0 Å². The van der Waals surface area contributed by atoms with Gasteiger partial charge in [-0.25, -0.2) is 14.4 Å². The third kappa shape index (κ3) is 6.17. The highest BCUT2D eigenvalue weighted by molar-refractivity contribution is 5.76. The molecule has 0 radical (unpaired) electrons. The topological polar surface area (TPSA) is 85.4 Å². The number of likely N-dealkylation sites (tertiary alicyclic amines) is 1. The predicted octanol–water partition coefficient (Wildman–Crippen LogP) is 1.78. The zero-order chi connectivity index (χ0) is 20.9. The molecular formula is C19H35N5O4. The minimum atomic E-state index is -0.536. The minimum absolute atomic E-state index is 0.0322. The fourth-order valence-corrected chi connectivity index (χ4v) is 3.47. The highest BCUT2D eigenvalue weighted by Gasteiger charge is 2.31. The quantitative estimate of drug-likeness (QED) is 0.770. The molecule has 0 bridgehead atoms. The highest BCUT2D eigenvalue weighted by Crippen LogP contribution is 2.20. The van der Waals surface area contributed by atoms with E-state index in [2.05, 4.69) is 5.32 Å². The smallest absolute Gasteiger partial charge is 0.410 e. The van der Waals surface area contributed by atoms with Crippen LogP contribution in [0.3, 0.4) is 0 Å². The SMILES string of the molecule is CN(C)C(=O)N1CCN(C(=O)NCC2CCCCN2C(=O)OC(C)(C)C)CC1. The van der Waals surface area contributed by atoms with Gasteiger partial charge >= 0.3 is 18.2 Å². The molecule has 0 saturated carbocycles. The van der Waals surface area contributed by atoms with Gasteiger partial charge in [0.25, 0.3) is 0 Å². The van der Waals surface area contributed by atoms with Gasteiger partial charge in [-0.1, -0.05) is 0 Å². The number of nitrogens with zero attached hydrogens (tertiary/aromatic N) is 4. The lowest BCUT2D eigenvalue weighted by molar-refractivity contribution is 0.0100. The van der Waals surface area contributed by atoms with Crippen LogP contribution >= 0.6 is 0 Å². The molecule has 2 aliphatic rings. The van der Waals surface area contributed by atoms with Crippen LogP contribution in [0.25, 0.3) is 0 Å². The maximum absolute atomic E-state index is 12.5. The van der Waals surface area contributed by atoms with E-state index < -0.39 is 5.60 Å². The Balaban J connectivity index is 1.82. The van der Waals surface area contributed by atoms with Gasteiger partial charge in [0.15, 0.2) is 0 Å². The van der Waals surface area contributed by atoms with E-state index in [1.165, 1.54) is 0 Å². The summed E-state index contributed by atoms with van der Waals surface area (Å²) in [5.41, 5.74) is -0.536. The fraction of sp³-hybridized carbons (Fsp3) is 0.842. The van der Waals surface area contributed by atoms with E-state index in [0.717, 1.165) is 19.3 Å². The number of carbonyl (C=O) groups excluding carboxylic acids is 3. The molecule has 1 atom stereocenters. The molecule has 5 amide bonds. The first-order valence-electron chi connectivity index (χ1n) is 10.1. The molecule has 9 nitrogen and oxygen atoms in total. The van der Waals surface area contributed by atoms with Gasteiger partial charge in [0.05, 0.1) is 6.04 Å². The zero-order valence-electron chi connectivity index (χ0n) is 17.9. The Hall–Kier alpha value is -2.19. The summed E-state index contributed by atoms with van der Waals surface area (Å²) in [6.07, 6.45) is 2.52. The molecule has 1 unspecified atom stereocenters. The number of piperidine rings is 1. The van der Waals surface area contributed by atoms with Gasteiger partial charge in [-0.15, -0.1) is 0 Å². The molecule has 9 heteroatoms. The molecule has 2 aliphatic heterocycles. The van der Waals surface area contributed by atoms with Crippen LogP contribution < -0.4 is 5.32 Å². The standard InChI is InChI=1S/C19H35N5O4/c1-19(2,3)28-18(27)24-9-7-6-8-15(24)14-20-16(25)22-10-12-23(13-11-22)17(26)21(4)5/h15H,6-14H2,1-5H3,(H,20,25). The first kappa shape index (κ1) is 22.1. The van der Waals surface area contributed by atoms with Crippen molar-refractivity contribution in [2.75, 3.05) is 53.4 Å². The number of amides is 5. The maximum Gasteiger partial charge on any atom is 0.410 e. The highest BCUT2D eigenvalue weighted by atomic mass is 16.6. The molecule has 28 heavy (non-hydrogen) atoms. The van der Waals surface area contributed by atoms with E-state index in [1.807, 2.05) is 20.8 Å². The Morgan fingerprint density at radius 2 is 1.61 bits per heavy atom. The number of carbonyl (C=O) groups is 3. The molecule has 2 rings (SSSR count). The van der Waals surface area contributed by atoms with Gasteiger partial charge in [-0.2, -0.15) is 0 Å². The first-order chi connectivity index (χ1) is 13.1. The number of hydrogen-bond acceptors (Lipinski definition) is 4. The molecule has 1 N–H and O–H groups in total. The Bertz CT molecular complexity index is 567. The second-order valence-corrected chi connectivity index (χ2v) is 8.66. The van der Waals surface area contributed by atoms with Crippen LogP contribution in [0, 0.1) is 0 Å². The molecule has 0 aliphatic carbocycles. The van der Waals surface area contributed by atoms with Crippen molar-refractivity contribution in [3.05, 3.63) is 0 Å². The number of hydrogen-bond donors (Lipinski definition) is 1. The number of nitrogens with one attached hydrogen (secondary N) is 1. The van der Waals surface area contributed by atoms with Crippen molar-refractivity contribution in [1.82, 2.24) is 24.9 Å². The summed E-state index contributed by atoms with van der Waals surface area (Å²) in [7, 11) is 3.45. The summed E-state index contributed by atoms with van der Waals surface area (Å²) in [6.45, 7) is 8.69. The fourth-order valence-electron chi connectivity index (χ4n) is 3.47. The van der Waals surface area contributed by atoms with Crippen LogP contribution in [0.5, 0.6) is 0 Å². The Morgan fingerprint density at radius 1 is 1.00 bits per heavy atom. The monoisotopic (exact) mass is 397 g/mol. The van der Waals surface area contributed by atoms with Crippen molar-refractivity contribution in [1.29, 1.82) is 0 Å². The second kappa shape index (κ2) is 9.34. The van der Waals surface area contributed by atoms with Crippen molar-refractivity contribution in [3.8, 4) is 0 Å². The van der Waals surface area contributed by atoms with Gasteiger partial charge < -0.3 is 29.7 Å². The Morgan fingerprint density at radius 3 is 2.18 bits per heavy atom. The number of piperazine rings is 1. The summed E-state index contributed by atoms with van der Waals surface area (Å²) in [5, 5.41) is 2.96. The van der Waals surface area contributed by atoms with Crippen molar-refractivity contribution < 1.29 is 19.1 Å². The maximum atomic E-state index is 12.5. The lowest BCUT2D eigenvalue weighted by Gasteiger charge is -2.38. The molecule has 2 heterocycles. The van der Waals surface area contributed by atoms with Crippen LogP contribution in [0.1, 0.15) is 40.0 Å². The zero-order valence-corrected chi connectivity index (χ0v) is 17.9. The second-order valence-electron chi connectivity index (χ2n) is 8.66. The molecule has 0 aromatic rings. The van der Waals surface area contributed by atoms with Crippen molar-refractivity contribution in [2.24, 2.45) is 0 Å². The van der Waals surface area contributed by atoms with Crippen LogP contribution in [-0.4, -0.2) is 103 Å². The van der Waals surface area contributed by atoms with Gasteiger partial charge in [0, 0.05) is 53.4 Å². The van der Waals surface area contributed by atoms with Crippen LogP contribution in [0.4, 0.5) is 14.4 Å². The predicted molar refractivity (Wildman–Crippen MR) is 106 cm³/mol. The third-order valence-electron chi connectivity index (χ3n) is 4.96. The van der Waals surface area contributed by atoms with Crippen molar-refractivity contribution >= 4 is 18.2 Å². The molecule has 2 saturated heterocycles. The summed E-state index contributed by atoms with van der Waals surface area (Å²) in [5.74, 6) is 0. The van der Waals surface area contributed by atoms with Gasteiger partial charge in [-0.3, -0.25) is 0 Å². The first-order valence-corrected chi connectivity index (χ1v) is 10.1. The van der Waals surface area contributed by atoms with E-state index >= 15 is 0 Å². The van der Waals surface area contributed by atoms with Crippen molar-refractivity contribution in [2.45, 2.75) is 51.7 Å². The minimum Gasteiger partial charge on any atom is -0.444 e. The van der Waals surface area contributed by atoms with Gasteiger partial charge in [0.2, 0.25) is 0 Å². The molecule has 0 aromatic carbocycles. The lowest BCUT2D eigenvalue weighted by Crippen LogP contribution is -2.56. The average molecular weight is 398 g/mol. The molecular weight excluding hydrogens is 362 g/mol. The number of rotatable bonds is 2. The molecule has 0 spiro atoms. The average Bonchev–Trinajstić information content (AvgIpc) is 2.64. The Labute approximate surface area is 167 Å². The summed E-state index contributed by atoms with van der Waals surface area (Å²) in [6, 6.07) is -0.230. The number of urea groups is 2.